The van der Waals surface area contributed by atoms with Gasteiger partial charge in [-0.15, -0.1) is 11.3 Å². The summed E-state index contributed by atoms with van der Waals surface area (Å²) in [7, 11) is 0. The molecule has 0 bridgehead atoms. The van der Waals surface area contributed by atoms with Crippen molar-refractivity contribution >= 4 is 33.2 Å². The van der Waals surface area contributed by atoms with E-state index in [4.69, 9.17) is 0 Å². The standard InChI is InChI=1S/C13H19BrN2OS/c1-3-16(9-10-5-6-11(14)18-10)12(17)13(2)7-4-8-15-13/h5-6,15H,3-4,7-9H2,1-2H3. The predicted octanol–water partition coefficient (Wildman–Crippen LogP) is 3.00. The molecule has 0 aromatic carbocycles. The Morgan fingerprint density at radius 1 is 1.61 bits per heavy atom. The van der Waals surface area contributed by atoms with Crippen LogP contribution >= 0.6 is 27.3 Å². The topological polar surface area (TPSA) is 32.3 Å². The van der Waals surface area contributed by atoms with Crippen LogP contribution in [-0.4, -0.2) is 29.4 Å². The highest BCUT2D eigenvalue weighted by Crippen LogP contribution is 2.26. The Bertz CT molecular complexity index is 426. The van der Waals surface area contributed by atoms with Gasteiger partial charge in [-0.2, -0.15) is 0 Å². The van der Waals surface area contributed by atoms with Gasteiger partial charge in [-0.05, 0) is 61.3 Å². The minimum absolute atomic E-state index is 0.229. The van der Waals surface area contributed by atoms with E-state index < -0.39 is 0 Å². The third-order valence-electron chi connectivity index (χ3n) is 3.49. The normalized spacial score (nSPS) is 23.3. The molecule has 0 spiro atoms. The minimum atomic E-state index is -0.357. The van der Waals surface area contributed by atoms with Gasteiger partial charge in [0.05, 0.1) is 15.9 Å². The summed E-state index contributed by atoms with van der Waals surface area (Å²) in [6, 6.07) is 4.11. The average Bonchev–Trinajstić information content (AvgIpc) is 2.95. The maximum absolute atomic E-state index is 12.6. The number of likely N-dealkylation sites (N-methyl/N-ethyl adjacent to an activating group) is 1. The number of nitrogens with zero attached hydrogens (tertiary/aromatic N) is 1. The van der Waals surface area contributed by atoms with Gasteiger partial charge in [0.2, 0.25) is 5.91 Å². The van der Waals surface area contributed by atoms with E-state index in [2.05, 4.69) is 27.3 Å². The fourth-order valence-corrected chi connectivity index (χ4v) is 3.88. The Morgan fingerprint density at radius 2 is 2.39 bits per heavy atom. The van der Waals surface area contributed by atoms with E-state index in [1.54, 1.807) is 11.3 Å². The van der Waals surface area contributed by atoms with Crippen LogP contribution in [0.4, 0.5) is 0 Å². The molecule has 0 saturated carbocycles. The number of thiophene rings is 1. The van der Waals surface area contributed by atoms with Crippen LogP contribution in [-0.2, 0) is 11.3 Å². The van der Waals surface area contributed by atoms with E-state index in [0.29, 0.717) is 6.54 Å². The van der Waals surface area contributed by atoms with Gasteiger partial charge in [-0.3, -0.25) is 4.79 Å². The second-order valence-corrected chi connectivity index (χ2v) is 7.44. The Balaban J connectivity index is 2.06. The maximum atomic E-state index is 12.6. The number of carbonyl (C=O) groups is 1. The number of hydrogen-bond donors (Lipinski definition) is 1. The first kappa shape index (κ1) is 14.0. The van der Waals surface area contributed by atoms with Gasteiger partial charge in [0, 0.05) is 11.4 Å². The first-order valence-electron chi connectivity index (χ1n) is 6.34. The molecule has 2 rings (SSSR count). The van der Waals surface area contributed by atoms with Gasteiger partial charge in [0.15, 0.2) is 0 Å². The van der Waals surface area contributed by atoms with Gasteiger partial charge >= 0.3 is 0 Å². The van der Waals surface area contributed by atoms with Gasteiger partial charge in [0.1, 0.15) is 0 Å². The summed E-state index contributed by atoms with van der Waals surface area (Å²) < 4.78 is 1.12. The second kappa shape index (κ2) is 5.72. The van der Waals surface area contributed by atoms with E-state index in [9.17, 15) is 4.79 Å². The van der Waals surface area contributed by atoms with E-state index in [1.165, 1.54) is 4.88 Å². The van der Waals surface area contributed by atoms with E-state index in [1.807, 2.05) is 24.8 Å². The number of rotatable bonds is 4. The molecule has 1 N–H and O–H groups in total. The van der Waals surface area contributed by atoms with Crippen LogP contribution in [0.2, 0.25) is 0 Å². The molecule has 5 heteroatoms. The molecule has 1 atom stereocenters. The van der Waals surface area contributed by atoms with Crippen LogP contribution in [0.1, 0.15) is 31.6 Å². The van der Waals surface area contributed by atoms with Crippen LogP contribution < -0.4 is 5.32 Å². The Morgan fingerprint density at radius 3 is 2.89 bits per heavy atom. The summed E-state index contributed by atoms with van der Waals surface area (Å²) in [4.78, 5) is 15.7. The predicted molar refractivity (Wildman–Crippen MR) is 78.8 cm³/mol. The third kappa shape index (κ3) is 2.95. The minimum Gasteiger partial charge on any atom is -0.336 e. The van der Waals surface area contributed by atoms with E-state index in [-0.39, 0.29) is 11.4 Å². The van der Waals surface area contributed by atoms with Crippen molar-refractivity contribution in [3.63, 3.8) is 0 Å². The molecule has 1 aliphatic rings. The van der Waals surface area contributed by atoms with Crippen molar-refractivity contribution in [1.29, 1.82) is 0 Å². The fraction of sp³-hybridized carbons (Fsp3) is 0.615. The van der Waals surface area contributed by atoms with E-state index >= 15 is 0 Å². The highest BCUT2D eigenvalue weighted by Gasteiger charge is 2.38. The van der Waals surface area contributed by atoms with Crippen molar-refractivity contribution in [2.24, 2.45) is 0 Å². The van der Waals surface area contributed by atoms with E-state index in [0.717, 1.165) is 29.7 Å². The lowest BCUT2D eigenvalue weighted by molar-refractivity contribution is -0.137. The molecular weight excluding hydrogens is 312 g/mol. The molecule has 18 heavy (non-hydrogen) atoms. The van der Waals surface area contributed by atoms with Crippen LogP contribution in [0, 0.1) is 0 Å². The molecule has 0 aliphatic carbocycles. The van der Waals surface area contributed by atoms with Gasteiger partial charge in [0.25, 0.3) is 0 Å². The molecule has 1 saturated heterocycles. The van der Waals surface area contributed by atoms with Crippen LogP contribution in [0.5, 0.6) is 0 Å². The zero-order chi connectivity index (χ0) is 13.2. The van der Waals surface area contributed by atoms with Crippen molar-refractivity contribution < 1.29 is 4.79 Å². The van der Waals surface area contributed by atoms with Crippen molar-refractivity contribution in [2.45, 2.75) is 38.8 Å². The summed E-state index contributed by atoms with van der Waals surface area (Å²) in [5.41, 5.74) is -0.357. The monoisotopic (exact) mass is 330 g/mol. The summed E-state index contributed by atoms with van der Waals surface area (Å²) in [6.07, 6.45) is 2.03. The molecule has 2 heterocycles. The first-order valence-corrected chi connectivity index (χ1v) is 7.95. The highest BCUT2D eigenvalue weighted by molar-refractivity contribution is 9.11. The maximum Gasteiger partial charge on any atom is 0.242 e. The molecule has 1 unspecified atom stereocenters. The van der Waals surface area contributed by atoms with Crippen LogP contribution in [0.15, 0.2) is 15.9 Å². The zero-order valence-electron chi connectivity index (χ0n) is 10.8. The number of amides is 1. The molecule has 1 aromatic rings. The molecular formula is C13H19BrN2OS. The van der Waals surface area contributed by atoms with Crippen molar-refractivity contribution in [2.75, 3.05) is 13.1 Å². The third-order valence-corrected chi connectivity index (χ3v) is 5.09. The summed E-state index contributed by atoms with van der Waals surface area (Å²) >= 11 is 5.15. The molecule has 3 nitrogen and oxygen atoms in total. The zero-order valence-corrected chi connectivity index (χ0v) is 13.2. The summed E-state index contributed by atoms with van der Waals surface area (Å²) in [5, 5.41) is 3.34. The Labute approximate surface area is 121 Å². The number of carbonyl (C=O) groups excluding carboxylic acids is 1. The van der Waals surface area contributed by atoms with Gasteiger partial charge < -0.3 is 10.2 Å². The molecule has 1 fully saturated rings. The quantitative estimate of drug-likeness (QED) is 0.920. The average molecular weight is 331 g/mol. The molecule has 100 valence electrons. The lowest BCUT2D eigenvalue weighted by Gasteiger charge is -2.31. The van der Waals surface area contributed by atoms with Crippen molar-refractivity contribution in [1.82, 2.24) is 10.2 Å². The van der Waals surface area contributed by atoms with Gasteiger partial charge in [-0.1, -0.05) is 0 Å². The molecule has 1 aromatic heterocycles. The molecule has 0 radical (unpaired) electrons. The highest BCUT2D eigenvalue weighted by atomic mass is 79.9. The summed E-state index contributed by atoms with van der Waals surface area (Å²) in [5.74, 6) is 0.229. The fourth-order valence-electron chi connectivity index (χ4n) is 2.38. The Kier molecular flexibility index (Phi) is 4.45. The van der Waals surface area contributed by atoms with Crippen molar-refractivity contribution in [3.8, 4) is 0 Å². The SMILES string of the molecule is CCN(Cc1ccc(Br)s1)C(=O)C1(C)CCCN1. The first-order chi connectivity index (χ1) is 8.55. The van der Waals surface area contributed by atoms with Crippen molar-refractivity contribution in [3.05, 3.63) is 20.8 Å². The van der Waals surface area contributed by atoms with Crippen LogP contribution in [0.25, 0.3) is 0 Å². The van der Waals surface area contributed by atoms with Crippen LogP contribution in [0.3, 0.4) is 0 Å². The number of hydrogen-bond acceptors (Lipinski definition) is 3. The molecule has 1 aliphatic heterocycles. The van der Waals surface area contributed by atoms with Gasteiger partial charge in [-0.25, -0.2) is 0 Å². The number of nitrogens with one attached hydrogen (secondary N) is 1. The Hall–Kier alpha value is -0.390. The lowest BCUT2D eigenvalue weighted by Crippen LogP contribution is -2.52. The number of halogens is 1. The smallest absolute Gasteiger partial charge is 0.242 e. The molecule has 1 amide bonds. The summed E-state index contributed by atoms with van der Waals surface area (Å²) in [6.45, 7) is 6.48. The second-order valence-electron chi connectivity index (χ2n) is 4.89. The largest absolute Gasteiger partial charge is 0.336 e. The lowest BCUT2D eigenvalue weighted by atomic mass is 9.98.